The van der Waals surface area contributed by atoms with Crippen LogP contribution < -0.4 is 4.74 Å². The zero-order valence-corrected chi connectivity index (χ0v) is 25.4. The summed E-state index contributed by atoms with van der Waals surface area (Å²) in [6.07, 6.45) is 15.4. The maximum atomic E-state index is 12.2. The summed E-state index contributed by atoms with van der Waals surface area (Å²) in [5, 5.41) is 0. The van der Waals surface area contributed by atoms with Crippen molar-refractivity contribution in [3.05, 3.63) is 29.8 Å². The Labute approximate surface area is 232 Å². The summed E-state index contributed by atoms with van der Waals surface area (Å²) >= 11 is 0. The summed E-state index contributed by atoms with van der Waals surface area (Å²) in [7, 11) is -0.178. The minimum Gasteiger partial charge on any atom is -0.494 e. The van der Waals surface area contributed by atoms with Gasteiger partial charge in [0.25, 0.3) is 0 Å². The highest BCUT2D eigenvalue weighted by Crippen LogP contribution is 2.44. The van der Waals surface area contributed by atoms with E-state index >= 15 is 0 Å². The number of phosphoric acid groups is 1. The van der Waals surface area contributed by atoms with Gasteiger partial charge in [-0.3, -0.25) is 9.05 Å². The maximum absolute atomic E-state index is 12.2. The predicted octanol–water partition coefficient (Wildman–Crippen LogP) is 7.60. The lowest BCUT2D eigenvalue weighted by molar-refractivity contribution is -0.118. The molecule has 38 heavy (non-hydrogen) atoms. The largest absolute Gasteiger partial charge is 0.494 e. The van der Waals surface area contributed by atoms with Crippen LogP contribution in [-0.4, -0.2) is 56.0 Å². The first-order valence-corrected chi connectivity index (χ1v) is 16.2. The van der Waals surface area contributed by atoms with Crippen molar-refractivity contribution < 1.29 is 28.0 Å². The van der Waals surface area contributed by atoms with Crippen LogP contribution in [0.5, 0.6) is 5.75 Å². The van der Waals surface area contributed by atoms with Gasteiger partial charge in [-0.2, -0.15) is 0 Å². The smallest absolute Gasteiger partial charge is 0.472 e. The number of carbonyl (C=O) groups excluding carboxylic acids is 1. The Morgan fingerprint density at radius 1 is 0.868 bits per heavy atom. The van der Waals surface area contributed by atoms with Gasteiger partial charge in [0.2, 0.25) is 0 Å². The molecule has 0 radical (unpaired) electrons. The van der Waals surface area contributed by atoms with Crippen molar-refractivity contribution in [3.63, 3.8) is 0 Å². The van der Waals surface area contributed by atoms with E-state index in [1.54, 1.807) is 0 Å². The fraction of sp³-hybridized carbons (Fsp3) is 0.767. The first-order valence-electron chi connectivity index (χ1n) is 14.7. The zero-order valence-electron chi connectivity index (χ0n) is 24.5. The van der Waals surface area contributed by atoms with E-state index in [0.717, 1.165) is 37.3 Å². The Balaban J connectivity index is 2.31. The summed E-state index contributed by atoms with van der Waals surface area (Å²) in [6.45, 7) is 5.55. The van der Waals surface area contributed by atoms with Gasteiger partial charge in [0.05, 0.1) is 19.8 Å². The maximum Gasteiger partial charge on any atom is 0.472 e. The molecule has 0 aliphatic rings. The second-order valence-corrected chi connectivity index (χ2v) is 12.2. The van der Waals surface area contributed by atoms with Crippen LogP contribution in [0.4, 0.5) is 0 Å². The van der Waals surface area contributed by atoms with Crippen molar-refractivity contribution in [1.29, 1.82) is 0 Å². The third-order valence-corrected chi connectivity index (χ3v) is 7.50. The van der Waals surface area contributed by atoms with Gasteiger partial charge < -0.3 is 19.3 Å². The van der Waals surface area contributed by atoms with Crippen molar-refractivity contribution in [2.45, 2.75) is 104 Å². The lowest BCUT2D eigenvalue weighted by atomic mass is 9.95. The van der Waals surface area contributed by atoms with Gasteiger partial charge in [-0.1, -0.05) is 76.8 Å². The predicted molar refractivity (Wildman–Crippen MR) is 156 cm³/mol. The zero-order chi connectivity index (χ0) is 28.1. The monoisotopic (exact) mass is 555 g/mol. The first kappa shape index (κ1) is 34.8. The number of ether oxygens (including phenoxy) is 1. The molecule has 0 saturated carbocycles. The molecule has 7 nitrogen and oxygen atoms in total. The third-order valence-electron chi connectivity index (χ3n) is 6.52. The molecule has 0 aliphatic heterocycles. The Bertz CT molecular complexity index is 771. The Kier molecular flexibility index (Phi) is 19.7. The SMILES string of the molecule is CCCCCCCCCCCCOc1ccc(CC(COP(=O)(O)OCCCCN(C)C)CC(C)=O)cc1. The van der Waals surface area contributed by atoms with E-state index in [1.807, 2.05) is 38.4 Å². The number of carbonyl (C=O) groups is 1. The molecule has 0 heterocycles. The molecule has 220 valence electrons. The number of hydrogen-bond acceptors (Lipinski definition) is 6. The van der Waals surface area contributed by atoms with Crippen molar-refractivity contribution in [3.8, 4) is 5.75 Å². The number of Topliss-reactive ketones (excluding diaryl/α,β-unsaturated/α-hetero) is 1. The number of ketones is 1. The summed E-state index contributed by atoms with van der Waals surface area (Å²) in [5.41, 5.74) is 1.03. The van der Waals surface area contributed by atoms with E-state index in [1.165, 1.54) is 64.7 Å². The number of unbranched alkanes of at least 4 members (excludes halogenated alkanes) is 10. The standard InChI is InChI=1S/C30H54NO6P/c1-5-6-7-8-9-10-11-12-13-15-22-35-30-19-17-28(18-20-30)25-29(24-27(2)32)26-37-38(33,34)36-23-16-14-21-31(3)4/h17-20,29H,5-16,21-26H2,1-4H3,(H,33,34). The second kappa shape index (κ2) is 21.6. The van der Waals surface area contributed by atoms with Gasteiger partial charge in [0, 0.05) is 6.42 Å². The molecule has 8 heteroatoms. The Morgan fingerprint density at radius 2 is 1.45 bits per heavy atom. The fourth-order valence-electron chi connectivity index (χ4n) is 4.38. The minimum absolute atomic E-state index is 0.0119. The van der Waals surface area contributed by atoms with Crippen LogP contribution in [0, 0.1) is 5.92 Å². The average Bonchev–Trinajstić information content (AvgIpc) is 2.86. The van der Waals surface area contributed by atoms with Gasteiger partial charge >= 0.3 is 7.82 Å². The third kappa shape index (κ3) is 19.8. The number of rotatable bonds is 25. The molecule has 1 rings (SSSR count). The number of benzene rings is 1. The molecule has 0 bridgehead atoms. The highest BCUT2D eigenvalue weighted by Gasteiger charge is 2.24. The Morgan fingerprint density at radius 3 is 2.03 bits per heavy atom. The molecule has 0 amide bonds. The molecule has 0 aliphatic carbocycles. The highest BCUT2D eigenvalue weighted by molar-refractivity contribution is 7.47. The van der Waals surface area contributed by atoms with E-state index in [4.69, 9.17) is 13.8 Å². The lowest BCUT2D eigenvalue weighted by Crippen LogP contribution is -2.16. The highest BCUT2D eigenvalue weighted by atomic mass is 31.2. The number of hydrogen-bond donors (Lipinski definition) is 1. The summed E-state index contributed by atoms with van der Waals surface area (Å²) in [5.74, 6) is 0.655. The summed E-state index contributed by atoms with van der Waals surface area (Å²) in [4.78, 5) is 23.8. The second-order valence-electron chi connectivity index (χ2n) is 10.8. The van der Waals surface area contributed by atoms with Crippen LogP contribution >= 0.6 is 7.82 Å². The minimum atomic E-state index is -4.14. The molecule has 0 saturated heterocycles. The van der Waals surface area contributed by atoms with Gasteiger partial charge in [0.15, 0.2) is 0 Å². The van der Waals surface area contributed by atoms with E-state index in [2.05, 4.69) is 11.8 Å². The summed E-state index contributed by atoms with van der Waals surface area (Å²) < 4.78 is 28.5. The van der Waals surface area contributed by atoms with Gasteiger partial charge in [0.1, 0.15) is 11.5 Å². The van der Waals surface area contributed by atoms with Crippen LogP contribution in [0.1, 0.15) is 103 Å². The molecule has 1 aromatic carbocycles. The molecular formula is C30H54NO6P. The lowest BCUT2D eigenvalue weighted by Gasteiger charge is -2.19. The summed E-state index contributed by atoms with van der Waals surface area (Å²) in [6, 6.07) is 7.87. The van der Waals surface area contributed by atoms with Crippen LogP contribution in [0.15, 0.2) is 24.3 Å². The van der Waals surface area contributed by atoms with Gasteiger partial charge in [-0.25, -0.2) is 4.57 Å². The molecule has 2 unspecified atom stereocenters. The molecule has 0 spiro atoms. The van der Waals surface area contributed by atoms with Gasteiger partial charge in [-0.15, -0.1) is 0 Å². The molecule has 1 N–H and O–H groups in total. The first-order chi connectivity index (χ1) is 18.2. The number of nitrogens with zero attached hydrogens (tertiary/aromatic N) is 1. The quantitative estimate of drug-likeness (QED) is 0.0982. The topological polar surface area (TPSA) is 85.3 Å². The van der Waals surface area contributed by atoms with Crippen molar-refractivity contribution in [2.75, 3.05) is 40.5 Å². The van der Waals surface area contributed by atoms with Crippen LogP contribution in [0.25, 0.3) is 0 Å². The molecular weight excluding hydrogens is 501 g/mol. The van der Waals surface area contributed by atoms with Gasteiger partial charge in [-0.05, 0) is 76.9 Å². The Hall–Kier alpha value is -1.24. The molecule has 2 atom stereocenters. The fourth-order valence-corrected chi connectivity index (χ4v) is 5.21. The van der Waals surface area contributed by atoms with Crippen molar-refractivity contribution >= 4 is 13.6 Å². The van der Waals surface area contributed by atoms with E-state index < -0.39 is 7.82 Å². The van der Waals surface area contributed by atoms with Crippen LogP contribution in [0.3, 0.4) is 0 Å². The average molecular weight is 556 g/mol. The van der Waals surface area contributed by atoms with E-state index in [0.29, 0.717) is 12.8 Å². The van der Waals surface area contributed by atoms with Crippen LogP contribution in [0.2, 0.25) is 0 Å². The van der Waals surface area contributed by atoms with Crippen molar-refractivity contribution in [2.24, 2.45) is 5.92 Å². The van der Waals surface area contributed by atoms with E-state index in [-0.39, 0.29) is 31.3 Å². The van der Waals surface area contributed by atoms with Crippen LogP contribution in [-0.2, 0) is 24.8 Å². The molecule has 0 aromatic heterocycles. The van der Waals surface area contributed by atoms with Crippen molar-refractivity contribution in [1.82, 2.24) is 4.90 Å². The molecule has 0 fully saturated rings. The molecule has 1 aromatic rings. The number of phosphoric ester groups is 1. The van der Waals surface area contributed by atoms with E-state index in [9.17, 15) is 14.3 Å². The normalized spacial score (nSPS) is 13.9.